The summed E-state index contributed by atoms with van der Waals surface area (Å²) in [5, 5.41) is 2.84. The minimum atomic E-state index is -3.76. The van der Waals surface area contributed by atoms with Gasteiger partial charge in [0.1, 0.15) is 12.6 Å². The van der Waals surface area contributed by atoms with E-state index in [4.69, 9.17) is 0 Å². The molecule has 0 aliphatic rings. The van der Waals surface area contributed by atoms with Crippen LogP contribution in [0.5, 0.6) is 0 Å². The number of nitrogens with zero attached hydrogens (tertiary/aromatic N) is 2. The van der Waals surface area contributed by atoms with Gasteiger partial charge in [0.05, 0.1) is 11.9 Å². The zero-order valence-electron chi connectivity index (χ0n) is 20.3. The number of benzene rings is 3. The van der Waals surface area contributed by atoms with Crippen molar-refractivity contribution < 1.29 is 18.0 Å². The van der Waals surface area contributed by atoms with Crippen LogP contribution in [0.1, 0.15) is 18.1 Å². The Kier molecular flexibility index (Phi) is 9.66. The molecule has 0 heterocycles. The fraction of sp³-hybridized carbons (Fsp3) is 0.259. The summed E-state index contributed by atoms with van der Waals surface area (Å²) in [6.07, 6.45) is 1.35. The van der Waals surface area contributed by atoms with Crippen molar-refractivity contribution >= 4 is 43.5 Å². The summed E-state index contributed by atoms with van der Waals surface area (Å²) >= 11 is 3.46. The average molecular weight is 573 g/mol. The van der Waals surface area contributed by atoms with E-state index in [1.54, 1.807) is 30.3 Å². The van der Waals surface area contributed by atoms with Gasteiger partial charge in [-0.05, 0) is 42.3 Å². The van der Waals surface area contributed by atoms with Crippen LogP contribution < -0.4 is 9.62 Å². The van der Waals surface area contributed by atoms with Gasteiger partial charge >= 0.3 is 0 Å². The van der Waals surface area contributed by atoms with Crippen molar-refractivity contribution in [1.82, 2.24) is 10.2 Å². The molecule has 2 amide bonds. The third-order valence-electron chi connectivity index (χ3n) is 5.59. The summed E-state index contributed by atoms with van der Waals surface area (Å²) in [7, 11) is -3.76. The van der Waals surface area contributed by atoms with E-state index < -0.39 is 28.5 Å². The lowest BCUT2D eigenvalue weighted by molar-refractivity contribution is -0.140. The number of likely N-dealkylation sites (N-methyl/N-ethyl adjacent to an activating group) is 1. The van der Waals surface area contributed by atoms with Crippen molar-refractivity contribution in [2.45, 2.75) is 25.9 Å². The maximum atomic E-state index is 13.8. The van der Waals surface area contributed by atoms with Gasteiger partial charge in [-0.25, -0.2) is 8.42 Å². The molecule has 1 atom stereocenters. The fourth-order valence-corrected chi connectivity index (χ4v) is 5.18. The number of carbonyl (C=O) groups excluding carboxylic acids is 2. The Bertz CT molecular complexity index is 1270. The van der Waals surface area contributed by atoms with Gasteiger partial charge in [-0.2, -0.15) is 0 Å². The first-order valence-electron chi connectivity index (χ1n) is 11.6. The topological polar surface area (TPSA) is 86.8 Å². The lowest BCUT2D eigenvalue weighted by Crippen LogP contribution is -2.53. The predicted octanol–water partition coefficient (Wildman–Crippen LogP) is 3.99. The molecule has 1 unspecified atom stereocenters. The summed E-state index contributed by atoms with van der Waals surface area (Å²) in [6, 6.07) is 24.6. The largest absolute Gasteiger partial charge is 0.355 e. The number of amides is 2. The standard InChI is InChI=1S/C27H30BrN3O4S/c1-3-29-27(33)25(18-21-11-6-4-7-12-21)30(19-22-13-10-14-23(28)17-22)26(32)20-31(36(2,34)35)24-15-8-5-9-16-24/h4-17,25H,3,18-20H2,1-2H3,(H,29,33). The fourth-order valence-electron chi connectivity index (χ4n) is 3.89. The molecule has 0 fully saturated rings. The minimum Gasteiger partial charge on any atom is -0.355 e. The molecular formula is C27H30BrN3O4S. The molecule has 36 heavy (non-hydrogen) atoms. The highest BCUT2D eigenvalue weighted by molar-refractivity contribution is 9.10. The van der Waals surface area contributed by atoms with Crippen LogP contribution in [0.4, 0.5) is 5.69 Å². The zero-order chi connectivity index (χ0) is 26.1. The third kappa shape index (κ3) is 7.66. The second-order valence-corrected chi connectivity index (χ2v) is 11.2. The van der Waals surface area contributed by atoms with Crippen LogP contribution in [-0.4, -0.2) is 50.5 Å². The van der Waals surface area contributed by atoms with Crippen LogP contribution in [0.3, 0.4) is 0 Å². The second-order valence-electron chi connectivity index (χ2n) is 8.36. The predicted molar refractivity (Wildman–Crippen MR) is 146 cm³/mol. The van der Waals surface area contributed by atoms with Gasteiger partial charge in [0.15, 0.2) is 0 Å². The Morgan fingerprint density at radius 3 is 2.11 bits per heavy atom. The van der Waals surface area contributed by atoms with E-state index >= 15 is 0 Å². The number of carbonyl (C=O) groups is 2. The molecule has 1 N–H and O–H groups in total. The molecule has 0 saturated heterocycles. The van der Waals surface area contributed by atoms with Crippen molar-refractivity contribution in [3.05, 3.63) is 101 Å². The first-order chi connectivity index (χ1) is 17.2. The Labute approximate surface area is 221 Å². The summed E-state index contributed by atoms with van der Waals surface area (Å²) in [5.41, 5.74) is 2.09. The number of hydrogen-bond donors (Lipinski definition) is 1. The molecule has 9 heteroatoms. The molecule has 0 aliphatic heterocycles. The number of nitrogens with one attached hydrogen (secondary N) is 1. The van der Waals surface area contributed by atoms with Crippen LogP contribution in [0, 0.1) is 0 Å². The Balaban J connectivity index is 2.02. The summed E-state index contributed by atoms with van der Waals surface area (Å²) in [6.45, 7) is 1.93. The van der Waals surface area contributed by atoms with Crippen LogP contribution >= 0.6 is 15.9 Å². The van der Waals surface area contributed by atoms with E-state index in [0.29, 0.717) is 12.2 Å². The molecule has 0 aromatic heterocycles. The minimum absolute atomic E-state index is 0.138. The highest BCUT2D eigenvalue weighted by Crippen LogP contribution is 2.21. The first kappa shape index (κ1) is 27.4. The Morgan fingerprint density at radius 2 is 1.53 bits per heavy atom. The van der Waals surface area contributed by atoms with E-state index in [1.165, 1.54) is 4.90 Å². The molecule has 0 bridgehead atoms. The molecule has 0 saturated carbocycles. The van der Waals surface area contributed by atoms with Gasteiger partial charge in [-0.3, -0.25) is 13.9 Å². The third-order valence-corrected chi connectivity index (χ3v) is 7.22. The number of hydrogen-bond acceptors (Lipinski definition) is 4. The van der Waals surface area contributed by atoms with Crippen LogP contribution in [-0.2, 0) is 32.6 Å². The van der Waals surface area contributed by atoms with Gasteiger partial charge in [0.25, 0.3) is 0 Å². The first-order valence-corrected chi connectivity index (χ1v) is 14.2. The van der Waals surface area contributed by atoms with E-state index in [1.807, 2.05) is 61.5 Å². The lowest BCUT2D eigenvalue weighted by Gasteiger charge is -2.33. The summed E-state index contributed by atoms with van der Waals surface area (Å²) in [4.78, 5) is 28.6. The van der Waals surface area contributed by atoms with Crippen LogP contribution in [0.25, 0.3) is 0 Å². The van der Waals surface area contributed by atoms with Gasteiger partial charge in [-0.1, -0.05) is 76.6 Å². The summed E-state index contributed by atoms with van der Waals surface area (Å²) < 4.78 is 27.2. The molecule has 3 aromatic carbocycles. The van der Waals surface area contributed by atoms with Gasteiger partial charge in [-0.15, -0.1) is 0 Å². The SMILES string of the molecule is CCNC(=O)C(Cc1ccccc1)N(Cc1cccc(Br)c1)C(=O)CN(c1ccccc1)S(C)(=O)=O. The monoisotopic (exact) mass is 571 g/mol. The van der Waals surface area contributed by atoms with E-state index in [9.17, 15) is 18.0 Å². The highest BCUT2D eigenvalue weighted by atomic mass is 79.9. The number of rotatable bonds is 11. The molecule has 3 rings (SSSR count). The average Bonchev–Trinajstić information content (AvgIpc) is 2.85. The molecule has 7 nitrogen and oxygen atoms in total. The van der Waals surface area contributed by atoms with Crippen molar-refractivity contribution in [2.75, 3.05) is 23.7 Å². The van der Waals surface area contributed by atoms with E-state index in [-0.39, 0.29) is 18.9 Å². The maximum Gasteiger partial charge on any atom is 0.244 e. The number of sulfonamides is 1. The van der Waals surface area contributed by atoms with E-state index in [2.05, 4.69) is 21.2 Å². The van der Waals surface area contributed by atoms with Crippen molar-refractivity contribution in [3.8, 4) is 0 Å². The van der Waals surface area contributed by atoms with Crippen LogP contribution in [0.2, 0.25) is 0 Å². The smallest absolute Gasteiger partial charge is 0.244 e. The quantitative estimate of drug-likeness (QED) is 0.377. The van der Waals surface area contributed by atoms with Gasteiger partial charge < -0.3 is 10.2 Å². The second kappa shape index (κ2) is 12.7. The molecule has 190 valence electrons. The zero-order valence-corrected chi connectivity index (χ0v) is 22.7. The Morgan fingerprint density at radius 1 is 0.917 bits per heavy atom. The molecule has 3 aromatic rings. The van der Waals surface area contributed by atoms with Crippen molar-refractivity contribution in [2.24, 2.45) is 0 Å². The molecule has 0 radical (unpaired) electrons. The number of halogens is 1. The highest BCUT2D eigenvalue weighted by Gasteiger charge is 2.32. The van der Waals surface area contributed by atoms with E-state index in [0.717, 1.165) is 26.2 Å². The molecular weight excluding hydrogens is 542 g/mol. The Hall–Kier alpha value is -3.17. The van der Waals surface area contributed by atoms with Crippen molar-refractivity contribution in [3.63, 3.8) is 0 Å². The molecule has 0 spiro atoms. The van der Waals surface area contributed by atoms with Gasteiger partial charge in [0, 0.05) is 24.0 Å². The maximum absolute atomic E-state index is 13.8. The summed E-state index contributed by atoms with van der Waals surface area (Å²) in [5.74, 6) is -0.772. The molecule has 0 aliphatic carbocycles. The number of anilines is 1. The van der Waals surface area contributed by atoms with Crippen molar-refractivity contribution in [1.29, 1.82) is 0 Å². The van der Waals surface area contributed by atoms with Gasteiger partial charge in [0.2, 0.25) is 21.8 Å². The number of para-hydroxylation sites is 1. The van der Waals surface area contributed by atoms with Crippen LogP contribution in [0.15, 0.2) is 89.4 Å². The lowest BCUT2D eigenvalue weighted by atomic mass is 10.0. The normalized spacial score (nSPS) is 12.0.